The first-order chi connectivity index (χ1) is 25.5. The van der Waals surface area contributed by atoms with E-state index in [4.69, 9.17) is 41.0 Å². The number of anilines is 1. The number of nitrogens with zero attached hydrogens (tertiary/aromatic N) is 1. The van der Waals surface area contributed by atoms with Gasteiger partial charge in [0.25, 0.3) is 0 Å². The van der Waals surface area contributed by atoms with Crippen molar-refractivity contribution in [3.05, 3.63) is 162 Å². The van der Waals surface area contributed by atoms with E-state index in [1.54, 1.807) is 12.3 Å². The Kier molecular flexibility index (Phi) is 23.2. The van der Waals surface area contributed by atoms with Crippen LogP contribution < -0.4 is 10.5 Å². The van der Waals surface area contributed by atoms with Crippen LogP contribution in [0.3, 0.4) is 0 Å². The molecular formula is C44H57ClN2O6. The average molecular weight is 745 g/mol. The van der Waals surface area contributed by atoms with E-state index in [0.717, 1.165) is 29.9 Å². The van der Waals surface area contributed by atoms with Gasteiger partial charge in [0.05, 0.1) is 31.8 Å². The first kappa shape index (κ1) is 44.9. The second-order valence-corrected chi connectivity index (χ2v) is 11.9. The lowest BCUT2D eigenvalue weighted by molar-refractivity contribution is 0.0420. The number of pyridine rings is 1. The normalized spacial score (nSPS) is 14.2. The molecule has 4 aromatic carbocycles. The van der Waals surface area contributed by atoms with Gasteiger partial charge in [-0.15, -0.1) is 11.6 Å². The van der Waals surface area contributed by atoms with Crippen molar-refractivity contribution in [1.29, 1.82) is 0 Å². The van der Waals surface area contributed by atoms with Crippen molar-refractivity contribution in [2.75, 3.05) is 52.0 Å². The molecule has 4 unspecified atom stereocenters. The monoisotopic (exact) mass is 744 g/mol. The van der Waals surface area contributed by atoms with Crippen molar-refractivity contribution < 1.29 is 28.8 Å². The lowest BCUT2D eigenvalue weighted by Crippen LogP contribution is -2.15. The second-order valence-electron chi connectivity index (χ2n) is 11.4. The number of benzene rings is 4. The predicted octanol–water partition coefficient (Wildman–Crippen LogP) is 9.97. The van der Waals surface area contributed by atoms with Crippen LogP contribution in [0.5, 0.6) is 5.75 Å². The van der Waals surface area contributed by atoms with Gasteiger partial charge in [-0.25, -0.2) is 4.98 Å². The van der Waals surface area contributed by atoms with Crippen LogP contribution in [0.2, 0.25) is 0 Å². The molecule has 0 bridgehead atoms. The fourth-order valence-corrected chi connectivity index (χ4v) is 4.87. The number of aliphatic hydroxyl groups excluding tert-OH is 1. The number of hydrogen-bond donors (Lipinski definition) is 2. The maximum absolute atomic E-state index is 9.53. The summed E-state index contributed by atoms with van der Waals surface area (Å²) in [5.74, 6) is 0.969. The number of aromatic nitrogens is 1. The molecule has 3 N–H and O–H groups in total. The SMILES string of the molecule is C.CCOCC(Cl)c1ccccc1.CCOCC(O)c1ccccc1.CCOCC(Oc1cccnc1N)c1ccccc1.c1ccc(C2CO2)cc1. The first-order valence-corrected chi connectivity index (χ1v) is 18.1. The van der Waals surface area contributed by atoms with Gasteiger partial charge in [0, 0.05) is 26.0 Å². The van der Waals surface area contributed by atoms with Crippen molar-refractivity contribution >= 4 is 17.4 Å². The molecule has 4 atom stereocenters. The third kappa shape index (κ3) is 18.4. The maximum atomic E-state index is 9.53. The van der Waals surface area contributed by atoms with Crippen LogP contribution in [-0.2, 0) is 18.9 Å². The summed E-state index contributed by atoms with van der Waals surface area (Å²) in [6, 6.07) is 43.3. The minimum absolute atomic E-state index is 0. The highest BCUT2D eigenvalue weighted by Gasteiger charge is 2.23. The highest BCUT2D eigenvalue weighted by molar-refractivity contribution is 6.20. The molecule has 9 heteroatoms. The van der Waals surface area contributed by atoms with E-state index in [9.17, 15) is 5.11 Å². The molecule has 0 radical (unpaired) electrons. The summed E-state index contributed by atoms with van der Waals surface area (Å²) in [6.45, 7) is 10.2. The lowest BCUT2D eigenvalue weighted by atomic mass is 10.1. The van der Waals surface area contributed by atoms with E-state index < -0.39 is 6.10 Å². The van der Waals surface area contributed by atoms with Crippen LogP contribution in [0.15, 0.2) is 140 Å². The van der Waals surface area contributed by atoms with E-state index in [0.29, 0.717) is 50.7 Å². The van der Waals surface area contributed by atoms with Crippen LogP contribution in [0, 0.1) is 0 Å². The smallest absolute Gasteiger partial charge is 0.166 e. The maximum Gasteiger partial charge on any atom is 0.166 e. The minimum Gasteiger partial charge on any atom is -0.479 e. The number of nitrogens with two attached hydrogens (primary N) is 1. The molecule has 0 amide bonds. The molecule has 8 nitrogen and oxygen atoms in total. The molecule has 53 heavy (non-hydrogen) atoms. The fraction of sp³-hybridized carbons (Fsp3) is 0.341. The van der Waals surface area contributed by atoms with Gasteiger partial charge in [0.15, 0.2) is 11.6 Å². The van der Waals surface area contributed by atoms with Gasteiger partial charge in [0.2, 0.25) is 0 Å². The standard InChI is InChI=1S/C15H18N2O2.C10H13ClO.C10H14O2.C8H8O.CH4/c1-2-18-11-14(12-7-4-3-5-8-12)19-13-9-6-10-17-15(13)16;2*1-2-12-8-10(11)9-6-4-3-5-7-9;1-2-4-7(5-3-1)8-6-9-8;/h3-10,14H,2,11H2,1H3,(H2,16,17);3-7,10H,2,8H2,1H3;3-7,10-11H,2,8H2,1H3;1-5,8H,6H2;1H4. The molecule has 2 heterocycles. The van der Waals surface area contributed by atoms with E-state index in [1.807, 2.05) is 136 Å². The van der Waals surface area contributed by atoms with E-state index >= 15 is 0 Å². The molecule has 5 aromatic rings. The third-order valence-corrected chi connectivity index (χ3v) is 7.89. The summed E-state index contributed by atoms with van der Waals surface area (Å²) in [6.07, 6.45) is 1.37. The van der Waals surface area contributed by atoms with Crippen molar-refractivity contribution in [1.82, 2.24) is 4.98 Å². The van der Waals surface area contributed by atoms with Crippen molar-refractivity contribution in [3.63, 3.8) is 0 Å². The van der Waals surface area contributed by atoms with Crippen LogP contribution in [0.25, 0.3) is 0 Å². The number of epoxide rings is 1. The molecule has 1 fully saturated rings. The first-order valence-electron chi connectivity index (χ1n) is 17.7. The molecule has 0 aliphatic carbocycles. The molecule has 0 saturated carbocycles. The van der Waals surface area contributed by atoms with E-state index in [2.05, 4.69) is 17.1 Å². The second kappa shape index (κ2) is 27.3. The Morgan fingerprint density at radius 1 is 0.679 bits per heavy atom. The van der Waals surface area contributed by atoms with Crippen molar-refractivity contribution in [3.8, 4) is 5.75 Å². The number of aliphatic hydroxyl groups is 1. The van der Waals surface area contributed by atoms with Crippen LogP contribution >= 0.6 is 11.6 Å². The molecule has 1 aliphatic heterocycles. The largest absolute Gasteiger partial charge is 0.479 e. The van der Waals surface area contributed by atoms with Gasteiger partial charge in [-0.2, -0.15) is 0 Å². The lowest BCUT2D eigenvalue weighted by Gasteiger charge is -2.20. The van der Waals surface area contributed by atoms with Gasteiger partial charge >= 0.3 is 0 Å². The number of nitrogen functional groups attached to an aromatic ring is 1. The van der Waals surface area contributed by atoms with Crippen molar-refractivity contribution in [2.45, 2.75) is 51.9 Å². The zero-order valence-electron chi connectivity index (χ0n) is 30.4. The zero-order valence-corrected chi connectivity index (χ0v) is 31.2. The number of alkyl halides is 1. The van der Waals surface area contributed by atoms with Crippen LogP contribution in [-0.4, -0.2) is 56.3 Å². The van der Waals surface area contributed by atoms with Gasteiger partial charge in [0.1, 0.15) is 18.3 Å². The molecule has 1 aromatic heterocycles. The Hall–Kier alpha value is -4.28. The van der Waals surface area contributed by atoms with Gasteiger partial charge in [-0.1, -0.05) is 129 Å². The topological polar surface area (TPSA) is 109 Å². The highest BCUT2D eigenvalue weighted by Crippen LogP contribution is 2.29. The molecular weight excluding hydrogens is 688 g/mol. The minimum atomic E-state index is -0.494. The number of hydrogen-bond acceptors (Lipinski definition) is 8. The summed E-state index contributed by atoms with van der Waals surface area (Å²) in [5, 5.41) is 9.50. The molecule has 0 spiro atoms. The zero-order chi connectivity index (χ0) is 37.2. The summed E-state index contributed by atoms with van der Waals surface area (Å²) in [4.78, 5) is 4.02. The van der Waals surface area contributed by atoms with Crippen LogP contribution in [0.4, 0.5) is 5.82 Å². The highest BCUT2D eigenvalue weighted by atomic mass is 35.5. The number of rotatable bonds is 15. The number of halogens is 1. The summed E-state index contributed by atoms with van der Waals surface area (Å²) in [7, 11) is 0. The Morgan fingerprint density at radius 3 is 1.66 bits per heavy atom. The molecule has 1 aliphatic rings. The van der Waals surface area contributed by atoms with Gasteiger partial charge in [-0.05, 0) is 55.2 Å². The van der Waals surface area contributed by atoms with E-state index in [1.165, 1.54) is 5.56 Å². The van der Waals surface area contributed by atoms with Gasteiger partial charge in [-0.3, -0.25) is 0 Å². The Morgan fingerprint density at radius 2 is 1.15 bits per heavy atom. The summed E-state index contributed by atoms with van der Waals surface area (Å²) < 4.78 is 26.8. The quantitative estimate of drug-likeness (QED) is 0.0806. The fourth-order valence-electron chi connectivity index (χ4n) is 4.64. The van der Waals surface area contributed by atoms with Crippen molar-refractivity contribution in [2.24, 2.45) is 0 Å². The summed E-state index contributed by atoms with van der Waals surface area (Å²) >= 11 is 6.06. The third-order valence-electron chi connectivity index (χ3n) is 7.51. The molecule has 1 saturated heterocycles. The molecule has 286 valence electrons. The Labute approximate surface area is 321 Å². The Bertz CT molecular complexity index is 1530. The number of ether oxygens (including phenoxy) is 5. The Balaban J connectivity index is 0.000000252. The average Bonchev–Trinajstić information content (AvgIpc) is 4.07. The summed E-state index contributed by atoms with van der Waals surface area (Å²) in [5.41, 5.74) is 10.2. The predicted molar refractivity (Wildman–Crippen MR) is 216 cm³/mol. The molecule has 6 rings (SSSR count). The van der Waals surface area contributed by atoms with Gasteiger partial charge < -0.3 is 34.5 Å². The van der Waals surface area contributed by atoms with Crippen LogP contribution in [0.1, 0.15) is 74.1 Å². The van der Waals surface area contributed by atoms with E-state index in [-0.39, 0.29) is 18.9 Å².